The van der Waals surface area contributed by atoms with Crippen molar-refractivity contribution in [3.63, 3.8) is 0 Å². The van der Waals surface area contributed by atoms with Crippen molar-refractivity contribution in [2.24, 2.45) is 5.92 Å². The van der Waals surface area contributed by atoms with E-state index in [2.05, 4.69) is 4.72 Å². The molecule has 0 aliphatic carbocycles. The molecule has 168 valence electrons. The molecule has 1 heterocycles. The minimum Gasteiger partial charge on any atom is -0.494 e. The number of amides is 1. The number of rotatable bonds is 6. The van der Waals surface area contributed by atoms with Crippen LogP contribution in [0.2, 0.25) is 0 Å². The van der Waals surface area contributed by atoms with Crippen LogP contribution in [-0.2, 0) is 10.0 Å². The molecule has 0 aromatic heterocycles. The van der Waals surface area contributed by atoms with E-state index in [1.165, 1.54) is 29.2 Å². The SMILES string of the molecule is CCOc1ccc(NS(=O)(=O)c2ccc(C(=O)N3CCCC(C(F)(F)F)C3)cc2)cc1. The number of sulfonamides is 1. The van der Waals surface area contributed by atoms with E-state index in [9.17, 15) is 26.4 Å². The molecular weight excluding hydrogens is 433 g/mol. The van der Waals surface area contributed by atoms with Crippen LogP contribution in [0.25, 0.3) is 0 Å². The number of anilines is 1. The van der Waals surface area contributed by atoms with Crippen LogP contribution in [-0.4, -0.2) is 45.1 Å². The normalized spacial score (nSPS) is 17.3. The van der Waals surface area contributed by atoms with Gasteiger partial charge in [-0.1, -0.05) is 0 Å². The van der Waals surface area contributed by atoms with Crippen molar-refractivity contribution in [2.75, 3.05) is 24.4 Å². The van der Waals surface area contributed by atoms with Gasteiger partial charge in [0.05, 0.1) is 17.4 Å². The number of carbonyl (C=O) groups excluding carboxylic acids is 1. The Bertz CT molecular complexity index is 1010. The Morgan fingerprint density at radius 3 is 2.35 bits per heavy atom. The molecule has 6 nitrogen and oxygen atoms in total. The fraction of sp³-hybridized carbons (Fsp3) is 0.381. The van der Waals surface area contributed by atoms with Gasteiger partial charge in [0.1, 0.15) is 5.75 Å². The Labute approximate surface area is 179 Å². The summed E-state index contributed by atoms with van der Waals surface area (Å²) in [7, 11) is -3.90. The minimum absolute atomic E-state index is 0.00167. The van der Waals surface area contributed by atoms with Crippen molar-refractivity contribution >= 4 is 21.6 Å². The molecule has 31 heavy (non-hydrogen) atoms. The maximum Gasteiger partial charge on any atom is 0.393 e. The fourth-order valence-electron chi connectivity index (χ4n) is 3.39. The largest absolute Gasteiger partial charge is 0.494 e. The van der Waals surface area contributed by atoms with Gasteiger partial charge in [0.15, 0.2) is 0 Å². The summed E-state index contributed by atoms with van der Waals surface area (Å²) in [6, 6.07) is 11.5. The van der Waals surface area contributed by atoms with Gasteiger partial charge >= 0.3 is 6.18 Å². The van der Waals surface area contributed by atoms with Crippen LogP contribution in [0.3, 0.4) is 0 Å². The first-order valence-electron chi connectivity index (χ1n) is 9.82. The predicted molar refractivity (Wildman–Crippen MR) is 110 cm³/mol. The van der Waals surface area contributed by atoms with E-state index in [4.69, 9.17) is 4.74 Å². The Morgan fingerprint density at radius 1 is 1.13 bits per heavy atom. The summed E-state index contributed by atoms with van der Waals surface area (Å²) in [4.78, 5) is 13.7. The summed E-state index contributed by atoms with van der Waals surface area (Å²) >= 11 is 0. The average Bonchev–Trinajstić information content (AvgIpc) is 2.74. The fourth-order valence-corrected chi connectivity index (χ4v) is 4.45. The van der Waals surface area contributed by atoms with Gasteiger partial charge in [-0.25, -0.2) is 8.42 Å². The molecule has 0 spiro atoms. The maximum absolute atomic E-state index is 13.0. The topological polar surface area (TPSA) is 75.7 Å². The lowest BCUT2D eigenvalue weighted by atomic mass is 9.97. The Morgan fingerprint density at radius 2 is 1.77 bits per heavy atom. The molecule has 1 fully saturated rings. The molecule has 0 bridgehead atoms. The standard InChI is InChI=1S/C21H23F3N2O4S/c1-2-30-18-9-7-17(8-10-18)25-31(28,29)19-11-5-15(6-12-19)20(27)26-13-3-4-16(14-26)21(22,23)24/h5-12,16,25H,2-4,13-14H2,1H3. The van der Waals surface area contributed by atoms with Crippen LogP contribution >= 0.6 is 0 Å². The smallest absolute Gasteiger partial charge is 0.393 e. The molecule has 2 aromatic carbocycles. The zero-order chi connectivity index (χ0) is 22.6. The Kier molecular flexibility index (Phi) is 6.78. The number of hydrogen-bond acceptors (Lipinski definition) is 4. The molecule has 1 saturated heterocycles. The monoisotopic (exact) mass is 456 g/mol. The first-order valence-corrected chi connectivity index (χ1v) is 11.3. The van der Waals surface area contributed by atoms with Gasteiger partial charge in [0.25, 0.3) is 15.9 Å². The summed E-state index contributed by atoms with van der Waals surface area (Å²) in [5, 5.41) is 0. The highest BCUT2D eigenvalue weighted by Crippen LogP contribution is 2.33. The summed E-state index contributed by atoms with van der Waals surface area (Å²) in [5.74, 6) is -1.47. The second-order valence-electron chi connectivity index (χ2n) is 7.22. The highest BCUT2D eigenvalue weighted by molar-refractivity contribution is 7.92. The van der Waals surface area contributed by atoms with Crippen molar-refractivity contribution in [3.05, 3.63) is 54.1 Å². The van der Waals surface area contributed by atoms with Crippen LogP contribution in [0.5, 0.6) is 5.75 Å². The number of benzene rings is 2. The number of likely N-dealkylation sites (tertiary alicyclic amines) is 1. The number of hydrogen-bond donors (Lipinski definition) is 1. The maximum atomic E-state index is 13.0. The molecule has 1 atom stereocenters. The Hall–Kier alpha value is -2.75. The number of carbonyl (C=O) groups is 1. The number of nitrogens with zero attached hydrogens (tertiary/aromatic N) is 1. The Balaban J connectivity index is 1.69. The molecular formula is C21H23F3N2O4S. The first kappa shape index (κ1) is 22.9. The van der Waals surface area contributed by atoms with Crippen LogP contribution in [0.1, 0.15) is 30.1 Å². The zero-order valence-electron chi connectivity index (χ0n) is 16.9. The van der Waals surface area contributed by atoms with E-state index in [-0.39, 0.29) is 36.4 Å². The van der Waals surface area contributed by atoms with Crippen molar-refractivity contribution < 1.29 is 31.1 Å². The van der Waals surface area contributed by atoms with E-state index >= 15 is 0 Å². The molecule has 1 aliphatic rings. The van der Waals surface area contributed by atoms with Crippen molar-refractivity contribution in [2.45, 2.75) is 30.8 Å². The molecule has 0 saturated carbocycles. The highest BCUT2D eigenvalue weighted by atomic mass is 32.2. The highest BCUT2D eigenvalue weighted by Gasteiger charge is 2.42. The average molecular weight is 456 g/mol. The molecule has 1 amide bonds. The van der Waals surface area contributed by atoms with Gasteiger partial charge in [-0.15, -0.1) is 0 Å². The van der Waals surface area contributed by atoms with Crippen LogP contribution in [0.15, 0.2) is 53.4 Å². The van der Waals surface area contributed by atoms with Gasteiger partial charge in [-0.05, 0) is 68.3 Å². The van der Waals surface area contributed by atoms with E-state index in [0.717, 1.165) is 0 Å². The van der Waals surface area contributed by atoms with Gasteiger partial charge in [-0.2, -0.15) is 13.2 Å². The predicted octanol–water partition coefficient (Wildman–Crippen LogP) is 4.30. The quantitative estimate of drug-likeness (QED) is 0.703. The van der Waals surface area contributed by atoms with Gasteiger partial charge in [0, 0.05) is 24.3 Å². The van der Waals surface area contributed by atoms with E-state index in [1.807, 2.05) is 6.92 Å². The zero-order valence-corrected chi connectivity index (χ0v) is 17.7. The van der Waals surface area contributed by atoms with E-state index < -0.39 is 28.0 Å². The van der Waals surface area contributed by atoms with E-state index in [1.54, 1.807) is 24.3 Å². The summed E-state index contributed by atoms with van der Waals surface area (Å²) in [6.07, 6.45) is -4.07. The number of alkyl halides is 3. The molecule has 1 N–H and O–H groups in total. The van der Waals surface area contributed by atoms with Gasteiger partial charge in [-0.3, -0.25) is 9.52 Å². The molecule has 2 aromatic rings. The third kappa shape index (κ3) is 5.69. The van der Waals surface area contributed by atoms with Crippen molar-refractivity contribution in [1.82, 2.24) is 4.90 Å². The second-order valence-corrected chi connectivity index (χ2v) is 8.90. The summed E-state index contributed by atoms with van der Waals surface area (Å²) in [5.41, 5.74) is 0.484. The third-order valence-corrected chi connectivity index (χ3v) is 6.40. The van der Waals surface area contributed by atoms with Crippen molar-refractivity contribution in [1.29, 1.82) is 0 Å². The minimum atomic E-state index is -4.34. The lowest BCUT2D eigenvalue weighted by molar-refractivity contribution is -0.184. The molecule has 3 rings (SSSR count). The first-order chi connectivity index (χ1) is 14.6. The van der Waals surface area contributed by atoms with Crippen molar-refractivity contribution in [3.8, 4) is 5.75 Å². The van der Waals surface area contributed by atoms with Gasteiger partial charge in [0.2, 0.25) is 0 Å². The number of piperidine rings is 1. The van der Waals surface area contributed by atoms with E-state index in [0.29, 0.717) is 18.0 Å². The van der Waals surface area contributed by atoms with Crippen LogP contribution < -0.4 is 9.46 Å². The molecule has 0 radical (unpaired) electrons. The molecule has 1 unspecified atom stereocenters. The third-order valence-electron chi connectivity index (χ3n) is 5.00. The van der Waals surface area contributed by atoms with Gasteiger partial charge < -0.3 is 9.64 Å². The lowest BCUT2D eigenvalue weighted by Gasteiger charge is -2.33. The van der Waals surface area contributed by atoms with Crippen LogP contribution in [0.4, 0.5) is 18.9 Å². The number of ether oxygens (including phenoxy) is 1. The molecule has 1 aliphatic heterocycles. The number of nitrogens with one attached hydrogen (secondary N) is 1. The second kappa shape index (κ2) is 9.17. The molecule has 10 heteroatoms. The summed E-state index contributed by atoms with van der Waals surface area (Å²) < 4.78 is 71.9. The van der Waals surface area contributed by atoms with Crippen LogP contribution in [0, 0.1) is 5.92 Å². The summed E-state index contributed by atoms with van der Waals surface area (Å²) in [6.45, 7) is 2.18. The lowest BCUT2D eigenvalue weighted by Crippen LogP contribution is -2.44. The number of halogens is 3.